The molecule has 0 aromatic rings. The molecule has 1 saturated heterocycles. The molecule has 61 heavy (non-hydrogen) atoms. The number of unbranched alkanes of at least 4 members (excludes halogenated alkanes) is 27. The monoisotopic (exact) mass is 865 g/mol. The van der Waals surface area contributed by atoms with Crippen LogP contribution in [0.1, 0.15) is 226 Å². The number of allylic oxidation sites excluding steroid dienone is 3. The van der Waals surface area contributed by atoms with Gasteiger partial charge < -0.3 is 39.4 Å². The van der Waals surface area contributed by atoms with Crippen LogP contribution in [0.2, 0.25) is 0 Å². The zero-order valence-electron chi connectivity index (χ0n) is 39.0. The molecule has 2 unspecified atom stereocenters. The van der Waals surface area contributed by atoms with Gasteiger partial charge in [0.1, 0.15) is 31.0 Å². The molecule has 4 N–H and O–H groups in total. The number of aliphatic hydroxyl groups excluding tert-OH is 4. The lowest BCUT2D eigenvalue weighted by molar-refractivity contribution is -0.305. The normalized spacial score (nSPS) is 19.5. The first-order chi connectivity index (χ1) is 29.8. The number of rotatable bonds is 42. The lowest BCUT2D eigenvalue weighted by Gasteiger charge is -2.39. The highest BCUT2D eigenvalue weighted by molar-refractivity contribution is 5.70. The van der Waals surface area contributed by atoms with Gasteiger partial charge in [-0.1, -0.05) is 161 Å². The predicted octanol–water partition coefficient (Wildman–Crippen LogP) is 11.4. The fourth-order valence-corrected chi connectivity index (χ4v) is 7.57. The number of hydrogen-bond acceptors (Lipinski definition) is 10. The van der Waals surface area contributed by atoms with E-state index in [1.165, 1.54) is 135 Å². The number of carbonyl (C=O) groups is 2. The minimum atomic E-state index is -1.60. The molecule has 10 nitrogen and oxygen atoms in total. The van der Waals surface area contributed by atoms with Crippen LogP contribution < -0.4 is 0 Å². The second-order valence-corrected chi connectivity index (χ2v) is 17.4. The maximum Gasteiger partial charge on any atom is 0.306 e. The average Bonchev–Trinajstić information content (AvgIpc) is 3.26. The molecule has 1 heterocycles. The van der Waals surface area contributed by atoms with Crippen LogP contribution in [0, 0.1) is 0 Å². The molecule has 356 valence electrons. The van der Waals surface area contributed by atoms with Crippen molar-refractivity contribution in [2.45, 2.75) is 263 Å². The van der Waals surface area contributed by atoms with Gasteiger partial charge in [-0.15, -0.1) is 5.73 Å². The maximum absolute atomic E-state index is 12.8. The van der Waals surface area contributed by atoms with E-state index in [1.54, 1.807) is 0 Å². The molecule has 1 aliphatic rings. The smallest absolute Gasteiger partial charge is 0.306 e. The van der Waals surface area contributed by atoms with Crippen molar-refractivity contribution in [2.75, 3.05) is 19.8 Å². The molecule has 0 aliphatic carbocycles. The lowest BCUT2D eigenvalue weighted by atomic mass is 9.99. The van der Waals surface area contributed by atoms with Gasteiger partial charge in [-0.2, -0.15) is 0 Å². The Kier molecular flexibility index (Phi) is 39.2. The van der Waals surface area contributed by atoms with Crippen molar-refractivity contribution in [3.8, 4) is 0 Å². The summed E-state index contributed by atoms with van der Waals surface area (Å²) in [4.78, 5) is 25.4. The summed E-state index contributed by atoms with van der Waals surface area (Å²) in [5.41, 5.74) is 3.30. The van der Waals surface area contributed by atoms with Crippen molar-refractivity contribution in [2.24, 2.45) is 0 Å². The molecular formula is C51H92O10. The minimum absolute atomic E-state index is 0.211. The quantitative estimate of drug-likeness (QED) is 0.0202. The van der Waals surface area contributed by atoms with Crippen molar-refractivity contribution in [3.63, 3.8) is 0 Å². The van der Waals surface area contributed by atoms with Crippen LogP contribution in [0.15, 0.2) is 30.0 Å². The molecule has 0 spiro atoms. The highest BCUT2D eigenvalue weighted by atomic mass is 16.7. The fraction of sp³-hybridized carbons (Fsp3) is 0.863. The lowest BCUT2D eigenvalue weighted by Crippen LogP contribution is -2.59. The Hall–Kier alpha value is -2.04. The van der Waals surface area contributed by atoms with E-state index in [9.17, 15) is 30.0 Å². The fourth-order valence-electron chi connectivity index (χ4n) is 7.57. The molecule has 1 aliphatic heterocycles. The van der Waals surface area contributed by atoms with Crippen LogP contribution in [-0.2, 0) is 28.5 Å². The van der Waals surface area contributed by atoms with Gasteiger partial charge >= 0.3 is 11.9 Å². The van der Waals surface area contributed by atoms with E-state index in [2.05, 4.69) is 43.9 Å². The van der Waals surface area contributed by atoms with Crippen LogP contribution in [0.4, 0.5) is 0 Å². The topological polar surface area (TPSA) is 152 Å². The molecule has 10 heteroatoms. The van der Waals surface area contributed by atoms with Gasteiger partial charge in [0.05, 0.1) is 13.2 Å². The summed E-state index contributed by atoms with van der Waals surface area (Å²) in [6, 6.07) is 0. The first-order valence-corrected chi connectivity index (χ1v) is 25.2. The summed E-state index contributed by atoms with van der Waals surface area (Å²) < 4.78 is 22.2. The molecule has 1 fully saturated rings. The third-order valence-electron chi connectivity index (χ3n) is 11.6. The van der Waals surface area contributed by atoms with Crippen LogP contribution in [0.25, 0.3) is 0 Å². The van der Waals surface area contributed by atoms with Crippen LogP contribution in [-0.4, -0.2) is 89.0 Å². The van der Waals surface area contributed by atoms with Gasteiger partial charge in [0, 0.05) is 12.8 Å². The van der Waals surface area contributed by atoms with Gasteiger partial charge in [0.25, 0.3) is 0 Å². The van der Waals surface area contributed by atoms with E-state index in [0.29, 0.717) is 6.42 Å². The molecule has 0 saturated carbocycles. The summed E-state index contributed by atoms with van der Waals surface area (Å²) in [6.07, 6.45) is 38.2. The molecule has 0 amide bonds. The largest absolute Gasteiger partial charge is 0.462 e. The number of esters is 2. The predicted molar refractivity (Wildman–Crippen MR) is 246 cm³/mol. The highest BCUT2D eigenvalue weighted by Gasteiger charge is 2.44. The van der Waals surface area contributed by atoms with Crippen molar-refractivity contribution in [1.29, 1.82) is 0 Å². The van der Waals surface area contributed by atoms with Crippen molar-refractivity contribution in [1.82, 2.24) is 0 Å². The number of ether oxygens (including phenoxy) is 4. The zero-order valence-corrected chi connectivity index (χ0v) is 39.0. The molecular weight excluding hydrogens is 773 g/mol. The van der Waals surface area contributed by atoms with E-state index in [-0.39, 0.29) is 32.0 Å². The van der Waals surface area contributed by atoms with Gasteiger partial charge in [0.2, 0.25) is 0 Å². The minimum Gasteiger partial charge on any atom is -0.462 e. The van der Waals surface area contributed by atoms with Crippen LogP contribution in [0.5, 0.6) is 0 Å². The van der Waals surface area contributed by atoms with Crippen molar-refractivity contribution >= 4 is 11.9 Å². The number of aliphatic hydroxyl groups is 4. The third kappa shape index (κ3) is 33.2. The Morgan fingerprint density at radius 1 is 0.541 bits per heavy atom. The Bertz CT molecular complexity index is 1100. The Labute approximate surface area is 372 Å². The summed E-state index contributed by atoms with van der Waals surface area (Å²) in [5, 5.41) is 40.1. The summed E-state index contributed by atoms with van der Waals surface area (Å²) in [5.74, 6) is -0.821. The standard InChI is InChI=1S/C51H92O10/c1-3-5-7-9-11-13-15-17-19-20-21-22-23-24-26-27-29-31-33-35-37-39-46(53)58-42-44(43-59-51-50(57)49(56)48(55)45(41-52)61-51)60-47(54)40-38-36-34-32-30-28-25-18-16-14-12-10-8-6-4-2/h16-17,19,25,44-45,48-52,55-57H,3-15,20-24,26-43H2,1-2H3/b19-17+/t18?,44-,45-,48+,49?,50?,51-/m0/s1. The summed E-state index contributed by atoms with van der Waals surface area (Å²) in [6.45, 7) is 3.40. The molecule has 0 aromatic heterocycles. The van der Waals surface area contributed by atoms with E-state index >= 15 is 0 Å². The first-order valence-electron chi connectivity index (χ1n) is 25.2. The Morgan fingerprint density at radius 3 is 1.44 bits per heavy atom. The van der Waals surface area contributed by atoms with E-state index in [1.807, 2.05) is 0 Å². The molecule has 0 radical (unpaired) electrons. The third-order valence-corrected chi connectivity index (χ3v) is 11.6. The van der Waals surface area contributed by atoms with Gasteiger partial charge in [-0.3, -0.25) is 9.59 Å². The van der Waals surface area contributed by atoms with Gasteiger partial charge in [0.15, 0.2) is 12.4 Å². The maximum atomic E-state index is 12.8. The van der Waals surface area contributed by atoms with Crippen molar-refractivity contribution in [3.05, 3.63) is 30.0 Å². The van der Waals surface area contributed by atoms with Crippen molar-refractivity contribution < 1.29 is 49.0 Å². The molecule has 6 atom stereocenters. The van der Waals surface area contributed by atoms with Crippen LogP contribution in [0.3, 0.4) is 0 Å². The zero-order chi connectivity index (χ0) is 44.4. The highest BCUT2D eigenvalue weighted by Crippen LogP contribution is 2.23. The first kappa shape index (κ1) is 57.0. The number of carbonyl (C=O) groups excluding carboxylic acids is 2. The average molecular weight is 865 g/mol. The Balaban J connectivity index is 2.27. The van der Waals surface area contributed by atoms with Crippen LogP contribution >= 0.6 is 0 Å². The van der Waals surface area contributed by atoms with Gasteiger partial charge in [-0.05, 0) is 76.4 Å². The SMILES string of the molecule is CCCCCCCC=C=CCCCCCCCC(=O)O[C@@H](COC(=O)CCCCCCCCCCCCC/C=C/CCCCCCCC)CO[C@H]1O[C@@H](CO)[C@@H](O)C(O)C1O. The van der Waals surface area contributed by atoms with E-state index in [4.69, 9.17) is 18.9 Å². The van der Waals surface area contributed by atoms with E-state index in [0.717, 1.165) is 57.8 Å². The van der Waals surface area contributed by atoms with E-state index < -0.39 is 49.4 Å². The number of hydrogen-bond donors (Lipinski definition) is 4. The second kappa shape index (κ2) is 41.9. The molecule has 0 bridgehead atoms. The molecule has 0 aromatic carbocycles. The molecule has 1 rings (SSSR count). The second-order valence-electron chi connectivity index (χ2n) is 17.4. The summed E-state index contributed by atoms with van der Waals surface area (Å²) >= 11 is 0. The Morgan fingerprint density at radius 2 is 0.967 bits per heavy atom. The van der Waals surface area contributed by atoms with Gasteiger partial charge in [-0.25, -0.2) is 0 Å². The summed E-state index contributed by atoms with van der Waals surface area (Å²) in [7, 11) is 0.